The van der Waals surface area contributed by atoms with E-state index >= 15 is 0 Å². The first-order chi connectivity index (χ1) is 12.5. The summed E-state index contributed by atoms with van der Waals surface area (Å²) in [6.07, 6.45) is 3.35. The number of likely N-dealkylation sites (tertiary alicyclic amines) is 1. The summed E-state index contributed by atoms with van der Waals surface area (Å²) in [6.45, 7) is 6.31. The number of nitrogens with zero attached hydrogens (tertiary/aromatic N) is 2. The van der Waals surface area contributed by atoms with Crippen LogP contribution in [0.25, 0.3) is 0 Å². The standard InChI is InChI=1S/C20H26FN3O2/c1-14-18(15(2)26-23-14)9-10-20(25)22-13-19(24-11-3-4-12-24)16-5-7-17(21)8-6-16/h5-8,19H,3-4,9-13H2,1-2H3,(H,22,25). The van der Waals surface area contributed by atoms with Crippen LogP contribution in [0.1, 0.15) is 47.9 Å². The summed E-state index contributed by atoms with van der Waals surface area (Å²) in [6, 6.07) is 6.68. The lowest BCUT2D eigenvalue weighted by molar-refractivity contribution is -0.121. The topological polar surface area (TPSA) is 58.4 Å². The van der Waals surface area contributed by atoms with Gasteiger partial charge in [0.2, 0.25) is 5.91 Å². The molecule has 1 N–H and O–H groups in total. The first kappa shape index (κ1) is 18.6. The summed E-state index contributed by atoms with van der Waals surface area (Å²) in [5.74, 6) is 0.547. The third-order valence-corrected chi connectivity index (χ3v) is 5.11. The van der Waals surface area contributed by atoms with Gasteiger partial charge in [0, 0.05) is 18.5 Å². The molecule has 1 aliphatic heterocycles. The first-order valence-electron chi connectivity index (χ1n) is 9.22. The summed E-state index contributed by atoms with van der Waals surface area (Å²) >= 11 is 0. The molecular formula is C20H26FN3O2. The van der Waals surface area contributed by atoms with Crippen LogP contribution in [0.15, 0.2) is 28.8 Å². The van der Waals surface area contributed by atoms with Crippen LogP contribution in [0.2, 0.25) is 0 Å². The van der Waals surface area contributed by atoms with Gasteiger partial charge >= 0.3 is 0 Å². The molecule has 1 fully saturated rings. The van der Waals surface area contributed by atoms with Crippen molar-refractivity contribution in [2.24, 2.45) is 0 Å². The van der Waals surface area contributed by atoms with E-state index in [1.165, 1.54) is 12.1 Å². The zero-order valence-corrected chi connectivity index (χ0v) is 15.4. The van der Waals surface area contributed by atoms with E-state index in [9.17, 15) is 9.18 Å². The Morgan fingerprint density at radius 1 is 1.27 bits per heavy atom. The monoisotopic (exact) mass is 359 g/mol. The minimum atomic E-state index is -0.239. The number of carbonyl (C=O) groups excluding carboxylic acids is 1. The van der Waals surface area contributed by atoms with Gasteiger partial charge in [-0.05, 0) is 63.9 Å². The average Bonchev–Trinajstić information content (AvgIpc) is 3.26. The highest BCUT2D eigenvalue weighted by Crippen LogP contribution is 2.25. The van der Waals surface area contributed by atoms with Crippen LogP contribution in [-0.4, -0.2) is 35.6 Å². The molecule has 0 radical (unpaired) electrons. The van der Waals surface area contributed by atoms with Gasteiger partial charge in [-0.1, -0.05) is 17.3 Å². The molecule has 0 bridgehead atoms. The maximum Gasteiger partial charge on any atom is 0.220 e. The molecule has 140 valence electrons. The van der Waals surface area contributed by atoms with Gasteiger partial charge in [0.25, 0.3) is 0 Å². The lowest BCUT2D eigenvalue weighted by Gasteiger charge is -2.28. The number of hydrogen-bond donors (Lipinski definition) is 1. The molecule has 0 spiro atoms. The van der Waals surface area contributed by atoms with Crippen molar-refractivity contribution < 1.29 is 13.7 Å². The lowest BCUT2D eigenvalue weighted by atomic mass is 10.0. The molecule has 3 rings (SSSR count). The quantitative estimate of drug-likeness (QED) is 0.824. The van der Waals surface area contributed by atoms with Crippen LogP contribution >= 0.6 is 0 Å². The summed E-state index contributed by atoms with van der Waals surface area (Å²) in [5, 5.41) is 6.97. The van der Waals surface area contributed by atoms with E-state index in [1.54, 1.807) is 0 Å². The fourth-order valence-corrected chi connectivity index (χ4v) is 3.59. The van der Waals surface area contributed by atoms with Crippen molar-refractivity contribution in [2.45, 2.75) is 45.6 Å². The number of nitrogens with one attached hydrogen (secondary N) is 1. The van der Waals surface area contributed by atoms with Crippen LogP contribution in [0.3, 0.4) is 0 Å². The Balaban J connectivity index is 1.58. The Labute approximate surface area is 153 Å². The lowest BCUT2D eigenvalue weighted by Crippen LogP contribution is -2.36. The number of aromatic nitrogens is 1. The third-order valence-electron chi connectivity index (χ3n) is 5.11. The van der Waals surface area contributed by atoms with Gasteiger partial charge in [0.15, 0.2) is 0 Å². The van der Waals surface area contributed by atoms with Gasteiger partial charge in [-0.15, -0.1) is 0 Å². The van der Waals surface area contributed by atoms with Gasteiger partial charge in [0.1, 0.15) is 11.6 Å². The highest BCUT2D eigenvalue weighted by molar-refractivity contribution is 5.76. The van der Waals surface area contributed by atoms with Crippen molar-refractivity contribution in [2.75, 3.05) is 19.6 Å². The Morgan fingerprint density at radius 2 is 1.96 bits per heavy atom. The second-order valence-electron chi connectivity index (χ2n) is 6.92. The molecule has 0 saturated carbocycles. The maximum absolute atomic E-state index is 13.2. The largest absolute Gasteiger partial charge is 0.361 e. The molecule has 1 aromatic carbocycles. The minimum absolute atomic E-state index is 0.0105. The number of hydrogen-bond acceptors (Lipinski definition) is 4. The van der Waals surface area contributed by atoms with Crippen molar-refractivity contribution in [1.29, 1.82) is 0 Å². The molecule has 1 saturated heterocycles. The van der Waals surface area contributed by atoms with E-state index in [-0.39, 0.29) is 17.8 Å². The number of aryl methyl sites for hydroxylation is 2. The smallest absolute Gasteiger partial charge is 0.220 e. The highest BCUT2D eigenvalue weighted by Gasteiger charge is 2.24. The normalized spacial score (nSPS) is 16.0. The first-order valence-corrected chi connectivity index (χ1v) is 9.22. The van der Waals surface area contributed by atoms with Crippen molar-refractivity contribution in [3.8, 4) is 0 Å². The Morgan fingerprint density at radius 3 is 2.58 bits per heavy atom. The summed E-state index contributed by atoms with van der Waals surface area (Å²) in [4.78, 5) is 14.7. The predicted molar refractivity (Wildman–Crippen MR) is 97.3 cm³/mol. The molecule has 0 aliphatic carbocycles. The van der Waals surface area contributed by atoms with E-state index in [2.05, 4.69) is 15.4 Å². The second kappa shape index (κ2) is 8.45. The summed E-state index contributed by atoms with van der Waals surface area (Å²) < 4.78 is 18.4. The van der Waals surface area contributed by atoms with Crippen LogP contribution in [-0.2, 0) is 11.2 Å². The van der Waals surface area contributed by atoms with Crippen LogP contribution in [0.4, 0.5) is 4.39 Å². The third kappa shape index (κ3) is 4.49. The van der Waals surface area contributed by atoms with E-state index < -0.39 is 0 Å². The molecule has 1 unspecified atom stereocenters. The SMILES string of the molecule is Cc1noc(C)c1CCC(=O)NCC(c1ccc(F)cc1)N1CCCC1. The average molecular weight is 359 g/mol. The van der Waals surface area contributed by atoms with Crippen LogP contribution < -0.4 is 5.32 Å². The Bertz CT molecular complexity index is 717. The zero-order valence-electron chi connectivity index (χ0n) is 15.4. The number of halogens is 1. The number of rotatable bonds is 7. The van der Waals surface area contributed by atoms with Gasteiger partial charge in [-0.3, -0.25) is 9.69 Å². The van der Waals surface area contributed by atoms with Crippen molar-refractivity contribution in [3.05, 3.63) is 52.7 Å². The molecule has 1 aliphatic rings. The molecule has 26 heavy (non-hydrogen) atoms. The Hall–Kier alpha value is -2.21. The van der Waals surface area contributed by atoms with Crippen molar-refractivity contribution in [1.82, 2.24) is 15.4 Å². The van der Waals surface area contributed by atoms with E-state index in [1.807, 2.05) is 26.0 Å². The maximum atomic E-state index is 13.2. The molecule has 1 atom stereocenters. The molecule has 2 aromatic rings. The number of carbonyl (C=O) groups is 1. The van der Waals surface area contributed by atoms with Gasteiger partial charge in [-0.2, -0.15) is 0 Å². The Kier molecular flexibility index (Phi) is 6.04. The molecule has 1 aromatic heterocycles. The molecular weight excluding hydrogens is 333 g/mol. The molecule has 5 nitrogen and oxygen atoms in total. The predicted octanol–water partition coefficient (Wildman–Crippen LogP) is 3.32. The summed E-state index contributed by atoms with van der Waals surface area (Å²) in [7, 11) is 0. The van der Waals surface area contributed by atoms with Crippen molar-refractivity contribution >= 4 is 5.91 Å². The highest BCUT2D eigenvalue weighted by atomic mass is 19.1. The van der Waals surface area contributed by atoms with E-state index in [4.69, 9.17) is 4.52 Å². The summed E-state index contributed by atoms with van der Waals surface area (Å²) in [5.41, 5.74) is 2.89. The molecule has 6 heteroatoms. The minimum Gasteiger partial charge on any atom is -0.361 e. The molecule has 1 amide bonds. The van der Waals surface area contributed by atoms with Crippen molar-refractivity contribution in [3.63, 3.8) is 0 Å². The van der Waals surface area contributed by atoms with Crippen LogP contribution in [0, 0.1) is 19.7 Å². The number of amides is 1. The fourth-order valence-electron chi connectivity index (χ4n) is 3.59. The van der Waals surface area contributed by atoms with E-state index in [0.29, 0.717) is 19.4 Å². The van der Waals surface area contributed by atoms with E-state index in [0.717, 1.165) is 48.5 Å². The molecule has 2 heterocycles. The fraction of sp³-hybridized carbons (Fsp3) is 0.500. The number of benzene rings is 1. The van der Waals surface area contributed by atoms with Crippen LogP contribution in [0.5, 0.6) is 0 Å². The van der Waals surface area contributed by atoms with Gasteiger partial charge in [0.05, 0.1) is 11.7 Å². The second-order valence-corrected chi connectivity index (χ2v) is 6.92. The van der Waals surface area contributed by atoms with Gasteiger partial charge in [-0.25, -0.2) is 4.39 Å². The zero-order chi connectivity index (χ0) is 18.5. The van der Waals surface area contributed by atoms with Gasteiger partial charge < -0.3 is 9.84 Å².